The van der Waals surface area contributed by atoms with Crippen LogP contribution in [0.4, 0.5) is 0 Å². The molecule has 19 heavy (non-hydrogen) atoms. The van der Waals surface area contributed by atoms with Crippen LogP contribution in [0.2, 0.25) is 0 Å². The van der Waals surface area contributed by atoms with Gasteiger partial charge in [0.2, 0.25) is 0 Å². The van der Waals surface area contributed by atoms with Crippen molar-refractivity contribution in [1.82, 2.24) is 4.57 Å². The fraction of sp³-hybridized carbons (Fsp3) is 0.143. The van der Waals surface area contributed by atoms with Crippen LogP contribution in [0.3, 0.4) is 0 Å². The van der Waals surface area contributed by atoms with Crippen LogP contribution in [0.15, 0.2) is 34.9 Å². The number of carboxylic acid groups (broad SMARTS) is 1. The van der Waals surface area contributed by atoms with E-state index in [-0.39, 0.29) is 11.5 Å². The molecular weight excluding hydrogens is 310 g/mol. The third-order valence-electron chi connectivity index (χ3n) is 2.88. The van der Waals surface area contributed by atoms with Gasteiger partial charge in [0.05, 0.1) is 0 Å². The number of carbonyl (C=O) groups excluding carboxylic acids is 1. The van der Waals surface area contributed by atoms with E-state index >= 15 is 0 Å². The lowest BCUT2D eigenvalue weighted by atomic mass is 10.2. The number of benzene rings is 1. The highest BCUT2D eigenvalue weighted by Crippen LogP contribution is 2.23. The molecule has 4 nitrogen and oxygen atoms in total. The molecule has 0 atom stereocenters. The number of aromatic carboxylic acids is 1. The number of hydrogen-bond donors (Lipinski definition) is 1. The molecule has 0 bridgehead atoms. The highest BCUT2D eigenvalue weighted by atomic mass is 79.9. The van der Waals surface area contributed by atoms with Crippen LogP contribution in [0.5, 0.6) is 0 Å². The van der Waals surface area contributed by atoms with E-state index in [9.17, 15) is 14.7 Å². The van der Waals surface area contributed by atoms with Gasteiger partial charge in [-0.2, -0.15) is 0 Å². The number of nitrogens with zero attached hydrogens (tertiary/aromatic N) is 1. The van der Waals surface area contributed by atoms with Crippen molar-refractivity contribution in [3.63, 3.8) is 0 Å². The van der Waals surface area contributed by atoms with Crippen molar-refractivity contribution in [3.8, 4) is 5.69 Å². The standard InChI is InChI=1S/C14H12BrNO3/c1-8-3-4-11(15)6-12(8)16-7-10(9(2)17)5-13(16)14(18)19/h3-7H,1-2H3,(H,18,19). The van der Waals surface area contributed by atoms with E-state index in [2.05, 4.69) is 15.9 Å². The van der Waals surface area contributed by atoms with Crippen molar-refractivity contribution in [2.24, 2.45) is 0 Å². The van der Waals surface area contributed by atoms with Gasteiger partial charge in [0, 0.05) is 21.9 Å². The Balaban J connectivity index is 2.70. The smallest absolute Gasteiger partial charge is 0.352 e. The number of ketones is 1. The Morgan fingerprint density at radius 1 is 1.26 bits per heavy atom. The summed E-state index contributed by atoms with van der Waals surface area (Å²) in [6.07, 6.45) is 1.56. The van der Waals surface area contributed by atoms with Gasteiger partial charge in [0.25, 0.3) is 0 Å². The maximum absolute atomic E-state index is 11.4. The summed E-state index contributed by atoms with van der Waals surface area (Å²) < 4.78 is 2.38. The molecule has 0 saturated carbocycles. The van der Waals surface area contributed by atoms with E-state index in [4.69, 9.17) is 0 Å². The summed E-state index contributed by atoms with van der Waals surface area (Å²) in [6.45, 7) is 3.31. The summed E-state index contributed by atoms with van der Waals surface area (Å²) in [5.74, 6) is -1.22. The molecule has 0 unspecified atom stereocenters. The van der Waals surface area contributed by atoms with Crippen LogP contribution in [0, 0.1) is 6.92 Å². The van der Waals surface area contributed by atoms with E-state index in [1.807, 2.05) is 25.1 Å². The first-order chi connectivity index (χ1) is 8.90. The van der Waals surface area contributed by atoms with E-state index in [0.717, 1.165) is 15.7 Å². The Labute approximate surface area is 118 Å². The Hall–Kier alpha value is -1.88. The molecule has 98 valence electrons. The minimum atomic E-state index is -1.06. The zero-order valence-corrected chi connectivity index (χ0v) is 12.1. The lowest BCUT2D eigenvalue weighted by molar-refractivity contribution is 0.0688. The van der Waals surface area contributed by atoms with Crippen molar-refractivity contribution < 1.29 is 14.7 Å². The largest absolute Gasteiger partial charge is 0.477 e. The van der Waals surface area contributed by atoms with E-state index in [1.54, 1.807) is 6.20 Å². The van der Waals surface area contributed by atoms with Crippen molar-refractivity contribution in [2.45, 2.75) is 13.8 Å². The SMILES string of the molecule is CC(=O)c1cc(C(=O)O)n(-c2cc(Br)ccc2C)c1. The van der Waals surface area contributed by atoms with Gasteiger partial charge >= 0.3 is 5.97 Å². The van der Waals surface area contributed by atoms with Gasteiger partial charge in [0.15, 0.2) is 5.78 Å². The average Bonchev–Trinajstić information content (AvgIpc) is 2.77. The minimum Gasteiger partial charge on any atom is -0.477 e. The highest BCUT2D eigenvalue weighted by molar-refractivity contribution is 9.10. The van der Waals surface area contributed by atoms with Gasteiger partial charge in [0.1, 0.15) is 5.69 Å². The van der Waals surface area contributed by atoms with Crippen LogP contribution in [0.1, 0.15) is 33.3 Å². The maximum atomic E-state index is 11.4. The average molecular weight is 322 g/mol. The number of carboxylic acids is 1. The number of halogens is 1. The third-order valence-corrected chi connectivity index (χ3v) is 3.37. The first kappa shape index (κ1) is 13.5. The molecule has 1 N–H and O–H groups in total. The van der Waals surface area contributed by atoms with E-state index in [0.29, 0.717) is 5.56 Å². The molecule has 1 aromatic carbocycles. The summed E-state index contributed by atoms with van der Waals surface area (Å²) in [6, 6.07) is 6.99. The van der Waals surface area contributed by atoms with Crippen LogP contribution in [-0.2, 0) is 0 Å². The minimum absolute atomic E-state index is 0.0754. The zero-order valence-electron chi connectivity index (χ0n) is 10.5. The van der Waals surface area contributed by atoms with Crippen molar-refractivity contribution in [1.29, 1.82) is 0 Å². The topological polar surface area (TPSA) is 59.3 Å². The van der Waals surface area contributed by atoms with Crippen LogP contribution < -0.4 is 0 Å². The predicted octanol–water partition coefficient (Wildman–Crippen LogP) is 3.45. The van der Waals surface area contributed by atoms with Crippen molar-refractivity contribution in [2.75, 3.05) is 0 Å². The number of hydrogen-bond acceptors (Lipinski definition) is 2. The fourth-order valence-corrected chi connectivity index (χ4v) is 2.21. The first-order valence-corrected chi connectivity index (χ1v) is 6.42. The molecule has 2 rings (SSSR count). The lowest BCUT2D eigenvalue weighted by Crippen LogP contribution is -2.06. The van der Waals surface area contributed by atoms with Crippen molar-refractivity contribution >= 4 is 27.7 Å². The molecule has 0 spiro atoms. The van der Waals surface area contributed by atoms with Crippen molar-refractivity contribution in [3.05, 3.63) is 51.8 Å². The molecule has 0 saturated heterocycles. The Morgan fingerprint density at radius 3 is 2.53 bits per heavy atom. The molecular formula is C14H12BrNO3. The summed E-state index contributed by atoms with van der Waals surface area (Å²) in [5, 5.41) is 9.24. The number of carbonyl (C=O) groups is 2. The number of aromatic nitrogens is 1. The molecule has 0 aliphatic heterocycles. The molecule has 0 amide bonds. The highest BCUT2D eigenvalue weighted by Gasteiger charge is 2.17. The molecule has 1 aromatic heterocycles. The molecule has 0 radical (unpaired) electrons. The maximum Gasteiger partial charge on any atom is 0.352 e. The molecule has 0 aliphatic carbocycles. The second-order valence-electron chi connectivity index (χ2n) is 4.28. The number of rotatable bonds is 3. The molecule has 2 aromatic rings. The molecule has 0 aliphatic rings. The van der Waals surface area contributed by atoms with E-state index in [1.165, 1.54) is 17.6 Å². The summed E-state index contributed by atoms with van der Waals surface area (Å²) in [5.41, 5.74) is 2.12. The second-order valence-corrected chi connectivity index (χ2v) is 5.19. The van der Waals surface area contributed by atoms with Gasteiger partial charge in [-0.25, -0.2) is 4.79 Å². The monoisotopic (exact) mass is 321 g/mol. The lowest BCUT2D eigenvalue weighted by Gasteiger charge is -2.10. The predicted molar refractivity (Wildman–Crippen MR) is 75.2 cm³/mol. The summed E-state index contributed by atoms with van der Waals surface area (Å²) in [4.78, 5) is 22.7. The molecule has 0 fully saturated rings. The Kier molecular flexibility index (Phi) is 3.57. The number of Topliss-reactive ketones (excluding diaryl/α,β-unsaturated/α-hetero) is 1. The van der Waals surface area contributed by atoms with Crippen LogP contribution in [-0.4, -0.2) is 21.4 Å². The summed E-state index contributed by atoms with van der Waals surface area (Å²) >= 11 is 3.36. The van der Waals surface area contributed by atoms with Crippen LogP contribution in [0.25, 0.3) is 5.69 Å². The van der Waals surface area contributed by atoms with Crippen LogP contribution >= 0.6 is 15.9 Å². The fourth-order valence-electron chi connectivity index (χ4n) is 1.86. The second kappa shape index (κ2) is 5.01. The Bertz CT molecular complexity index is 673. The van der Waals surface area contributed by atoms with Gasteiger partial charge in [-0.1, -0.05) is 22.0 Å². The number of aryl methyl sites for hydroxylation is 1. The summed E-state index contributed by atoms with van der Waals surface area (Å²) in [7, 11) is 0. The quantitative estimate of drug-likeness (QED) is 0.881. The normalized spacial score (nSPS) is 10.5. The van der Waals surface area contributed by atoms with Gasteiger partial charge in [-0.3, -0.25) is 4.79 Å². The zero-order chi connectivity index (χ0) is 14.2. The van der Waals surface area contributed by atoms with Gasteiger partial charge in [-0.15, -0.1) is 0 Å². The molecule has 1 heterocycles. The molecule has 5 heteroatoms. The third kappa shape index (κ3) is 2.61. The van der Waals surface area contributed by atoms with Gasteiger partial charge in [-0.05, 0) is 37.6 Å². The van der Waals surface area contributed by atoms with E-state index < -0.39 is 5.97 Å². The van der Waals surface area contributed by atoms with Gasteiger partial charge < -0.3 is 9.67 Å². The first-order valence-electron chi connectivity index (χ1n) is 5.63. The Morgan fingerprint density at radius 2 is 1.95 bits per heavy atom.